The Hall–Kier alpha value is -2.42. The van der Waals surface area contributed by atoms with Crippen LogP contribution in [0.25, 0.3) is 11.1 Å². The Kier molecular flexibility index (Phi) is 8.24. The van der Waals surface area contributed by atoms with Gasteiger partial charge in [-0.05, 0) is 79.3 Å². The van der Waals surface area contributed by atoms with Crippen LogP contribution in [0.1, 0.15) is 40.7 Å². The summed E-state index contributed by atoms with van der Waals surface area (Å²) < 4.78 is 0. The van der Waals surface area contributed by atoms with Crippen LogP contribution in [0.4, 0.5) is 0 Å². The third-order valence-electron chi connectivity index (χ3n) is 5.97. The number of benzene rings is 3. The number of aryl methyl sites for hydroxylation is 5. The average Bonchev–Trinajstić information content (AvgIpc) is 2.77. The van der Waals surface area contributed by atoms with Crippen LogP contribution in [0, 0.1) is 19.8 Å². The first-order valence-corrected chi connectivity index (χ1v) is 11.0. The van der Waals surface area contributed by atoms with Crippen molar-refractivity contribution in [2.75, 3.05) is 13.2 Å². The van der Waals surface area contributed by atoms with Gasteiger partial charge in [0.05, 0.1) is 0 Å². The summed E-state index contributed by atoms with van der Waals surface area (Å²) in [5.41, 5.74) is 9.23. The molecule has 3 rings (SSSR count). The molecule has 3 aromatic rings. The van der Waals surface area contributed by atoms with Crippen LogP contribution in [0.5, 0.6) is 0 Å². The van der Waals surface area contributed by atoms with E-state index in [0.29, 0.717) is 0 Å². The molecule has 0 heterocycles. The SMILES string of the molecule is Cc1ccc(CCc2ccc(-c3ccc(CCCC(CO)CO)cc3C)cc2)cc1. The van der Waals surface area contributed by atoms with Gasteiger partial charge < -0.3 is 10.2 Å². The number of aliphatic hydroxyl groups excluding tert-OH is 2. The summed E-state index contributed by atoms with van der Waals surface area (Å²) in [6.45, 7) is 4.43. The van der Waals surface area contributed by atoms with Crippen molar-refractivity contribution in [2.45, 2.75) is 46.0 Å². The van der Waals surface area contributed by atoms with Gasteiger partial charge in [-0.15, -0.1) is 0 Å². The summed E-state index contributed by atoms with van der Waals surface area (Å²) >= 11 is 0. The number of hydrogen-bond donors (Lipinski definition) is 2. The van der Waals surface area contributed by atoms with E-state index in [4.69, 9.17) is 0 Å². The Morgan fingerprint density at radius 1 is 0.667 bits per heavy atom. The van der Waals surface area contributed by atoms with Crippen LogP contribution in [0.15, 0.2) is 66.7 Å². The summed E-state index contributed by atoms with van der Waals surface area (Å²) in [5.74, 6) is 0.00916. The predicted octanol–water partition coefficient (Wildman–Crippen LogP) is 5.68. The second-order valence-corrected chi connectivity index (χ2v) is 8.46. The molecule has 2 N–H and O–H groups in total. The van der Waals surface area contributed by atoms with Crippen molar-refractivity contribution < 1.29 is 10.2 Å². The minimum Gasteiger partial charge on any atom is -0.396 e. The summed E-state index contributed by atoms with van der Waals surface area (Å²) in [6, 6.07) is 24.5. The maximum Gasteiger partial charge on any atom is 0.0481 e. The van der Waals surface area contributed by atoms with E-state index in [0.717, 1.165) is 32.1 Å². The molecule has 0 aromatic heterocycles. The fourth-order valence-electron chi connectivity index (χ4n) is 3.93. The Labute approximate surface area is 181 Å². The quantitative estimate of drug-likeness (QED) is 0.458. The van der Waals surface area contributed by atoms with Gasteiger partial charge in [0.25, 0.3) is 0 Å². The first-order chi connectivity index (χ1) is 14.6. The minimum absolute atomic E-state index is 0.00916. The van der Waals surface area contributed by atoms with E-state index in [2.05, 4.69) is 80.6 Å². The molecule has 0 aliphatic carbocycles. The smallest absolute Gasteiger partial charge is 0.0481 e. The third kappa shape index (κ3) is 6.29. The van der Waals surface area contributed by atoms with Crippen LogP contribution >= 0.6 is 0 Å². The summed E-state index contributed by atoms with van der Waals surface area (Å²) in [4.78, 5) is 0. The maximum absolute atomic E-state index is 9.19. The van der Waals surface area contributed by atoms with Crippen molar-refractivity contribution in [3.05, 3.63) is 94.5 Å². The van der Waals surface area contributed by atoms with Crippen LogP contribution in [-0.4, -0.2) is 23.4 Å². The fourth-order valence-corrected chi connectivity index (χ4v) is 3.93. The second-order valence-electron chi connectivity index (χ2n) is 8.46. The fraction of sp³-hybridized carbons (Fsp3) is 0.357. The van der Waals surface area contributed by atoms with E-state index in [1.165, 1.54) is 38.9 Å². The largest absolute Gasteiger partial charge is 0.396 e. The second kappa shape index (κ2) is 11.1. The van der Waals surface area contributed by atoms with Gasteiger partial charge in [-0.2, -0.15) is 0 Å². The lowest BCUT2D eigenvalue weighted by Gasteiger charge is -2.12. The minimum atomic E-state index is 0.00916. The Bertz CT molecular complexity index is 906. The van der Waals surface area contributed by atoms with Gasteiger partial charge in [-0.25, -0.2) is 0 Å². The van der Waals surface area contributed by atoms with E-state index >= 15 is 0 Å². The van der Waals surface area contributed by atoms with Crippen LogP contribution in [0.3, 0.4) is 0 Å². The first kappa shape index (κ1) is 22.3. The highest BCUT2D eigenvalue weighted by atomic mass is 16.3. The molecular formula is C28H34O2. The van der Waals surface area contributed by atoms with E-state index in [-0.39, 0.29) is 19.1 Å². The molecule has 0 fully saturated rings. The molecule has 2 heteroatoms. The van der Waals surface area contributed by atoms with Gasteiger partial charge in [0, 0.05) is 19.1 Å². The lowest BCUT2D eigenvalue weighted by Crippen LogP contribution is -2.11. The van der Waals surface area contributed by atoms with Gasteiger partial charge in [-0.1, -0.05) is 72.3 Å². The molecule has 3 aromatic carbocycles. The molecule has 0 spiro atoms. The molecule has 30 heavy (non-hydrogen) atoms. The first-order valence-electron chi connectivity index (χ1n) is 11.0. The van der Waals surface area contributed by atoms with E-state index in [9.17, 15) is 10.2 Å². The molecule has 0 amide bonds. The highest BCUT2D eigenvalue weighted by molar-refractivity contribution is 5.67. The number of rotatable bonds is 10. The maximum atomic E-state index is 9.19. The van der Waals surface area contributed by atoms with Gasteiger partial charge in [0.15, 0.2) is 0 Å². The molecular weight excluding hydrogens is 368 g/mol. The zero-order valence-corrected chi connectivity index (χ0v) is 18.3. The van der Waals surface area contributed by atoms with Gasteiger partial charge in [0.2, 0.25) is 0 Å². The molecule has 0 saturated carbocycles. The van der Waals surface area contributed by atoms with E-state index in [1.54, 1.807) is 0 Å². The normalized spacial score (nSPS) is 11.2. The van der Waals surface area contributed by atoms with Crippen molar-refractivity contribution in [3.8, 4) is 11.1 Å². The molecule has 0 aliphatic rings. The van der Waals surface area contributed by atoms with E-state index in [1.807, 2.05) is 0 Å². The molecule has 0 atom stereocenters. The Morgan fingerprint density at radius 3 is 1.80 bits per heavy atom. The molecule has 0 unspecified atom stereocenters. The molecule has 0 radical (unpaired) electrons. The highest BCUT2D eigenvalue weighted by Crippen LogP contribution is 2.26. The summed E-state index contributed by atoms with van der Waals surface area (Å²) in [6.07, 6.45) is 4.96. The van der Waals surface area contributed by atoms with Crippen molar-refractivity contribution in [1.29, 1.82) is 0 Å². The monoisotopic (exact) mass is 402 g/mol. The van der Waals surface area contributed by atoms with Crippen molar-refractivity contribution in [3.63, 3.8) is 0 Å². The average molecular weight is 403 g/mol. The molecule has 0 bridgehead atoms. The molecule has 2 nitrogen and oxygen atoms in total. The number of hydrogen-bond acceptors (Lipinski definition) is 2. The van der Waals surface area contributed by atoms with Gasteiger partial charge in [-0.3, -0.25) is 0 Å². The number of aliphatic hydroxyl groups is 2. The Morgan fingerprint density at radius 2 is 1.23 bits per heavy atom. The highest BCUT2D eigenvalue weighted by Gasteiger charge is 2.07. The summed E-state index contributed by atoms with van der Waals surface area (Å²) in [5, 5.41) is 18.4. The van der Waals surface area contributed by atoms with Crippen molar-refractivity contribution in [2.24, 2.45) is 5.92 Å². The van der Waals surface area contributed by atoms with Crippen molar-refractivity contribution in [1.82, 2.24) is 0 Å². The van der Waals surface area contributed by atoms with Crippen LogP contribution in [-0.2, 0) is 19.3 Å². The third-order valence-corrected chi connectivity index (χ3v) is 5.97. The zero-order chi connectivity index (χ0) is 21.3. The van der Waals surface area contributed by atoms with E-state index < -0.39 is 0 Å². The molecule has 158 valence electrons. The lowest BCUT2D eigenvalue weighted by molar-refractivity contribution is 0.142. The van der Waals surface area contributed by atoms with Gasteiger partial charge >= 0.3 is 0 Å². The molecule has 0 saturated heterocycles. The topological polar surface area (TPSA) is 40.5 Å². The standard InChI is InChI=1S/C28H34O2/c1-21-6-8-23(9-7-21)10-11-24-12-15-27(16-13-24)28-17-14-25(18-22(28)2)4-3-5-26(19-29)20-30/h6-9,12-18,26,29-30H,3-5,10-11,19-20H2,1-2H3. The Balaban J connectivity index is 1.58. The summed E-state index contributed by atoms with van der Waals surface area (Å²) in [7, 11) is 0. The van der Waals surface area contributed by atoms with Crippen LogP contribution < -0.4 is 0 Å². The van der Waals surface area contributed by atoms with Gasteiger partial charge in [0.1, 0.15) is 0 Å². The molecule has 0 aliphatic heterocycles. The van der Waals surface area contributed by atoms with Crippen molar-refractivity contribution >= 4 is 0 Å². The van der Waals surface area contributed by atoms with Crippen LogP contribution in [0.2, 0.25) is 0 Å². The zero-order valence-electron chi connectivity index (χ0n) is 18.3. The lowest BCUT2D eigenvalue weighted by atomic mass is 9.94. The predicted molar refractivity (Wildman–Crippen MR) is 126 cm³/mol.